The first-order valence-corrected chi connectivity index (χ1v) is 9.98. The van der Waals surface area contributed by atoms with Crippen molar-refractivity contribution >= 4 is 9.84 Å². The smallest absolute Gasteiger partial charge is 0.148 e. The van der Waals surface area contributed by atoms with Crippen molar-refractivity contribution in [3.05, 3.63) is 0 Å². The van der Waals surface area contributed by atoms with Crippen LogP contribution in [0, 0.1) is 5.92 Å². The van der Waals surface area contributed by atoms with Gasteiger partial charge in [-0.25, -0.2) is 8.42 Å². The molecule has 1 heterocycles. The van der Waals surface area contributed by atoms with Crippen molar-refractivity contribution in [2.24, 2.45) is 5.92 Å². The Labute approximate surface area is 124 Å². The van der Waals surface area contributed by atoms with Crippen molar-refractivity contribution in [3.8, 4) is 0 Å². The van der Waals surface area contributed by atoms with Crippen LogP contribution in [0.25, 0.3) is 0 Å². The predicted octanol–water partition coefficient (Wildman–Crippen LogP) is 1.66. The summed E-state index contributed by atoms with van der Waals surface area (Å²) in [5.41, 5.74) is 0.296. The second-order valence-electron chi connectivity index (χ2n) is 7.02. The first kappa shape index (κ1) is 16.2. The molecule has 1 N–H and O–H groups in total. The molecule has 1 aliphatic carbocycles. The van der Waals surface area contributed by atoms with E-state index in [0.29, 0.717) is 6.54 Å². The number of nitrogens with one attached hydrogen (secondary N) is 1. The van der Waals surface area contributed by atoms with Gasteiger partial charge in [-0.2, -0.15) is 0 Å². The molecular formula is C15H30N2O2S. The van der Waals surface area contributed by atoms with Gasteiger partial charge < -0.3 is 5.32 Å². The number of piperazine rings is 1. The van der Waals surface area contributed by atoms with Crippen LogP contribution in [0.3, 0.4) is 0 Å². The fraction of sp³-hybridized carbons (Fsp3) is 1.00. The molecule has 1 saturated carbocycles. The van der Waals surface area contributed by atoms with Gasteiger partial charge in [-0.15, -0.1) is 0 Å². The third kappa shape index (κ3) is 3.37. The zero-order valence-electron chi connectivity index (χ0n) is 13.4. The second kappa shape index (κ2) is 5.58. The lowest BCUT2D eigenvalue weighted by Crippen LogP contribution is -2.70. The van der Waals surface area contributed by atoms with E-state index in [0.717, 1.165) is 31.8 Å². The lowest BCUT2D eigenvalue weighted by Gasteiger charge is -2.53. The summed E-state index contributed by atoms with van der Waals surface area (Å²) in [6.07, 6.45) is 6.12. The Morgan fingerprint density at radius 2 is 1.85 bits per heavy atom. The maximum absolute atomic E-state index is 11.5. The van der Waals surface area contributed by atoms with Crippen LogP contribution < -0.4 is 5.32 Å². The Hall–Kier alpha value is -0.130. The summed E-state index contributed by atoms with van der Waals surface area (Å²) in [6.45, 7) is 9.41. The van der Waals surface area contributed by atoms with E-state index in [9.17, 15) is 8.42 Å². The van der Waals surface area contributed by atoms with Gasteiger partial charge in [-0.05, 0) is 38.5 Å². The molecule has 1 atom stereocenters. The quantitative estimate of drug-likeness (QED) is 0.811. The fourth-order valence-corrected chi connectivity index (χ4v) is 4.07. The molecule has 5 heteroatoms. The normalized spacial score (nSPS) is 31.4. The molecule has 0 aromatic heterocycles. The molecule has 2 aliphatic rings. The van der Waals surface area contributed by atoms with Gasteiger partial charge in [0.25, 0.3) is 0 Å². The van der Waals surface area contributed by atoms with E-state index in [-0.39, 0.29) is 16.8 Å². The highest BCUT2D eigenvalue weighted by Gasteiger charge is 2.50. The van der Waals surface area contributed by atoms with Crippen LogP contribution in [-0.2, 0) is 9.84 Å². The summed E-state index contributed by atoms with van der Waals surface area (Å²) in [6, 6.07) is 0. The molecule has 0 aromatic carbocycles. The van der Waals surface area contributed by atoms with Crippen molar-refractivity contribution in [1.29, 1.82) is 0 Å². The molecule has 118 valence electrons. The summed E-state index contributed by atoms with van der Waals surface area (Å²) in [4.78, 5) is 2.47. The molecule has 2 fully saturated rings. The molecule has 1 aliphatic heterocycles. The number of sulfone groups is 1. The summed E-state index contributed by atoms with van der Waals surface area (Å²) < 4.78 is 23.1. The van der Waals surface area contributed by atoms with E-state index in [1.54, 1.807) is 0 Å². The molecule has 0 bridgehead atoms. The van der Waals surface area contributed by atoms with E-state index in [2.05, 4.69) is 31.0 Å². The largest absolute Gasteiger partial charge is 0.308 e. The van der Waals surface area contributed by atoms with Gasteiger partial charge in [0.2, 0.25) is 0 Å². The summed E-state index contributed by atoms with van der Waals surface area (Å²) >= 11 is 0. The van der Waals surface area contributed by atoms with E-state index in [1.807, 2.05) is 0 Å². The van der Waals surface area contributed by atoms with Crippen LogP contribution in [0.2, 0.25) is 0 Å². The summed E-state index contributed by atoms with van der Waals surface area (Å²) in [5, 5.41) is 3.78. The van der Waals surface area contributed by atoms with Crippen LogP contribution in [0.4, 0.5) is 0 Å². The average molecular weight is 302 g/mol. The van der Waals surface area contributed by atoms with Gasteiger partial charge in [0, 0.05) is 37.0 Å². The Kier molecular flexibility index (Phi) is 4.53. The highest BCUT2D eigenvalue weighted by molar-refractivity contribution is 7.90. The molecule has 1 saturated heterocycles. The first-order chi connectivity index (χ1) is 9.25. The number of hydrogen-bond acceptors (Lipinski definition) is 4. The van der Waals surface area contributed by atoms with Gasteiger partial charge in [-0.1, -0.05) is 13.8 Å². The monoisotopic (exact) mass is 302 g/mol. The molecule has 0 amide bonds. The molecule has 0 radical (unpaired) electrons. The zero-order valence-corrected chi connectivity index (χ0v) is 14.2. The molecule has 2 rings (SSSR count). The minimum Gasteiger partial charge on any atom is -0.308 e. The Morgan fingerprint density at radius 3 is 2.30 bits per heavy atom. The van der Waals surface area contributed by atoms with E-state index in [1.165, 1.54) is 19.1 Å². The maximum atomic E-state index is 11.5. The third-order valence-corrected chi connectivity index (χ3v) is 6.50. The first-order valence-electron chi connectivity index (χ1n) is 7.92. The van der Waals surface area contributed by atoms with Crippen LogP contribution in [0.15, 0.2) is 0 Å². The van der Waals surface area contributed by atoms with Gasteiger partial charge in [0.15, 0.2) is 0 Å². The van der Waals surface area contributed by atoms with E-state index in [4.69, 9.17) is 0 Å². The topological polar surface area (TPSA) is 49.4 Å². The molecule has 0 aromatic rings. The van der Waals surface area contributed by atoms with Gasteiger partial charge in [0.1, 0.15) is 9.84 Å². The predicted molar refractivity (Wildman–Crippen MR) is 83.7 cm³/mol. The van der Waals surface area contributed by atoms with Crippen LogP contribution >= 0.6 is 0 Å². The van der Waals surface area contributed by atoms with Crippen molar-refractivity contribution in [2.45, 2.75) is 57.5 Å². The summed E-state index contributed by atoms with van der Waals surface area (Å²) in [7, 11) is -2.89. The van der Waals surface area contributed by atoms with Crippen molar-refractivity contribution in [1.82, 2.24) is 10.2 Å². The van der Waals surface area contributed by atoms with Gasteiger partial charge >= 0.3 is 0 Å². The van der Waals surface area contributed by atoms with Crippen LogP contribution in [0.5, 0.6) is 0 Å². The Morgan fingerprint density at radius 1 is 1.25 bits per heavy atom. The van der Waals surface area contributed by atoms with Crippen molar-refractivity contribution < 1.29 is 8.42 Å². The maximum Gasteiger partial charge on any atom is 0.148 e. The SMILES string of the molecule is CCC1(CC)CN(CCS(C)(=O)=O)C(C)(C2CC2)CN1. The highest BCUT2D eigenvalue weighted by Crippen LogP contribution is 2.45. The van der Waals surface area contributed by atoms with E-state index < -0.39 is 9.84 Å². The molecule has 1 unspecified atom stereocenters. The standard InChI is InChI=1S/C15H30N2O2S/c1-5-15(6-2)12-17(9-10-20(4,18)19)14(3,11-16-15)13-7-8-13/h13,16H,5-12H2,1-4H3. The molecular weight excluding hydrogens is 272 g/mol. The van der Waals surface area contributed by atoms with Gasteiger partial charge in [-0.3, -0.25) is 4.90 Å². The number of hydrogen-bond donors (Lipinski definition) is 1. The Balaban J connectivity index is 2.14. The fourth-order valence-electron chi connectivity index (χ4n) is 3.52. The zero-order chi connectivity index (χ0) is 15.0. The molecule has 4 nitrogen and oxygen atoms in total. The minimum absolute atomic E-state index is 0.137. The summed E-state index contributed by atoms with van der Waals surface area (Å²) in [5.74, 6) is 1.01. The average Bonchev–Trinajstić information content (AvgIpc) is 3.22. The van der Waals surface area contributed by atoms with Crippen LogP contribution in [-0.4, -0.2) is 56.0 Å². The lowest BCUT2D eigenvalue weighted by atomic mass is 9.82. The van der Waals surface area contributed by atoms with Crippen LogP contribution in [0.1, 0.15) is 46.5 Å². The second-order valence-corrected chi connectivity index (χ2v) is 9.28. The molecule has 0 spiro atoms. The van der Waals surface area contributed by atoms with E-state index >= 15 is 0 Å². The number of rotatable bonds is 6. The van der Waals surface area contributed by atoms with Gasteiger partial charge in [0.05, 0.1) is 5.75 Å². The third-order valence-electron chi connectivity index (χ3n) is 5.58. The van der Waals surface area contributed by atoms with Crippen molar-refractivity contribution in [2.75, 3.05) is 31.6 Å². The van der Waals surface area contributed by atoms with Crippen molar-refractivity contribution in [3.63, 3.8) is 0 Å². The molecule has 20 heavy (non-hydrogen) atoms. The highest BCUT2D eigenvalue weighted by atomic mass is 32.2. The number of nitrogens with zero attached hydrogens (tertiary/aromatic N) is 1. The lowest BCUT2D eigenvalue weighted by molar-refractivity contribution is 0.00249. The Bertz CT molecular complexity index is 441. The minimum atomic E-state index is -2.89.